The Bertz CT molecular complexity index is 335. The number of pyridine rings is 1. The lowest BCUT2D eigenvalue weighted by molar-refractivity contribution is 0.110. The number of hydrogen-bond acceptors (Lipinski definition) is 5. The minimum Gasteiger partial charge on any atom is -0.383 e. The lowest BCUT2D eigenvalue weighted by Gasteiger charge is -2.21. The summed E-state index contributed by atoms with van der Waals surface area (Å²) in [4.78, 5) is 6.74. The number of methoxy groups -OCH3 is 2. The molecule has 0 spiro atoms. The van der Waals surface area contributed by atoms with E-state index in [-0.39, 0.29) is 0 Å². The molecule has 1 aromatic rings. The van der Waals surface area contributed by atoms with E-state index in [1.165, 1.54) is 5.56 Å². The largest absolute Gasteiger partial charge is 0.383 e. The summed E-state index contributed by atoms with van der Waals surface area (Å²) in [6.45, 7) is 7.23. The van der Waals surface area contributed by atoms with Crippen molar-refractivity contribution in [3.8, 4) is 0 Å². The van der Waals surface area contributed by atoms with Crippen molar-refractivity contribution in [1.82, 2.24) is 9.88 Å². The highest BCUT2D eigenvalue weighted by atomic mass is 16.5. The van der Waals surface area contributed by atoms with Crippen molar-refractivity contribution in [1.29, 1.82) is 0 Å². The second-order valence-electron chi connectivity index (χ2n) is 4.74. The molecular weight excluding hydrogens is 254 g/mol. The number of aromatic nitrogens is 1. The third-order valence-corrected chi connectivity index (χ3v) is 3.01. The van der Waals surface area contributed by atoms with Gasteiger partial charge >= 0.3 is 0 Å². The van der Waals surface area contributed by atoms with Gasteiger partial charge in [-0.25, -0.2) is 4.98 Å². The highest BCUT2D eigenvalue weighted by Gasteiger charge is 2.06. The van der Waals surface area contributed by atoms with E-state index in [0.717, 1.165) is 51.6 Å². The molecule has 0 atom stereocenters. The highest BCUT2D eigenvalue weighted by Crippen LogP contribution is 2.08. The molecule has 20 heavy (non-hydrogen) atoms. The lowest BCUT2D eigenvalue weighted by Crippen LogP contribution is -2.30. The maximum Gasteiger partial charge on any atom is 0.125 e. The van der Waals surface area contributed by atoms with Crippen molar-refractivity contribution in [2.45, 2.75) is 19.9 Å². The van der Waals surface area contributed by atoms with Gasteiger partial charge in [-0.15, -0.1) is 0 Å². The van der Waals surface area contributed by atoms with E-state index in [4.69, 9.17) is 9.47 Å². The molecule has 0 aliphatic heterocycles. The number of anilines is 1. The summed E-state index contributed by atoms with van der Waals surface area (Å²) in [6.07, 6.45) is 3.04. The minimum atomic E-state index is 0.729. The van der Waals surface area contributed by atoms with Gasteiger partial charge in [0.15, 0.2) is 0 Å². The fraction of sp³-hybridized carbons (Fsp3) is 0.667. The molecule has 0 bridgehead atoms. The van der Waals surface area contributed by atoms with Crippen LogP contribution in [-0.2, 0) is 16.0 Å². The zero-order valence-electron chi connectivity index (χ0n) is 12.9. The monoisotopic (exact) mass is 281 g/mol. The molecule has 0 amide bonds. The maximum atomic E-state index is 5.15. The molecule has 0 aliphatic carbocycles. The van der Waals surface area contributed by atoms with Crippen LogP contribution in [-0.4, -0.2) is 57.0 Å². The lowest BCUT2D eigenvalue weighted by atomic mass is 10.2. The van der Waals surface area contributed by atoms with Gasteiger partial charge in [-0.2, -0.15) is 0 Å². The predicted octanol–water partition coefficient (Wildman–Crippen LogP) is 2.00. The molecule has 1 aromatic heterocycles. The molecule has 0 saturated heterocycles. The van der Waals surface area contributed by atoms with Crippen LogP contribution in [0.25, 0.3) is 0 Å². The number of nitrogens with zero attached hydrogens (tertiary/aromatic N) is 2. The Kier molecular flexibility index (Phi) is 8.95. The molecule has 0 aromatic carbocycles. The van der Waals surface area contributed by atoms with Gasteiger partial charge in [-0.1, -0.05) is 13.0 Å². The topological polar surface area (TPSA) is 46.6 Å². The molecule has 1 rings (SSSR count). The van der Waals surface area contributed by atoms with E-state index in [1.54, 1.807) is 14.2 Å². The molecule has 114 valence electrons. The Balaban J connectivity index is 2.49. The number of rotatable bonds is 11. The molecule has 5 nitrogen and oxygen atoms in total. The second kappa shape index (κ2) is 10.6. The van der Waals surface area contributed by atoms with Crippen LogP contribution in [0.5, 0.6) is 0 Å². The van der Waals surface area contributed by atoms with Gasteiger partial charge in [-0.3, -0.25) is 4.90 Å². The van der Waals surface area contributed by atoms with Gasteiger partial charge < -0.3 is 14.8 Å². The quantitative estimate of drug-likeness (QED) is 0.672. The van der Waals surface area contributed by atoms with Crippen LogP contribution in [0.4, 0.5) is 5.82 Å². The van der Waals surface area contributed by atoms with Gasteiger partial charge in [0.2, 0.25) is 0 Å². The van der Waals surface area contributed by atoms with Crippen LogP contribution in [0.1, 0.15) is 18.9 Å². The third-order valence-electron chi connectivity index (χ3n) is 3.01. The van der Waals surface area contributed by atoms with Crippen molar-refractivity contribution >= 4 is 5.82 Å². The summed E-state index contributed by atoms with van der Waals surface area (Å²) in [5.41, 5.74) is 1.21. The molecule has 0 saturated carbocycles. The Morgan fingerprint density at radius 2 is 1.85 bits per heavy atom. The van der Waals surface area contributed by atoms with E-state index >= 15 is 0 Å². The van der Waals surface area contributed by atoms with Crippen LogP contribution >= 0.6 is 0 Å². The van der Waals surface area contributed by atoms with Crippen LogP contribution in [0.2, 0.25) is 0 Å². The second-order valence-corrected chi connectivity index (χ2v) is 4.74. The van der Waals surface area contributed by atoms with Gasteiger partial charge in [0.25, 0.3) is 0 Å². The molecule has 0 aliphatic rings. The number of ether oxygens (including phenoxy) is 2. The molecule has 5 heteroatoms. The predicted molar refractivity (Wildman–Crippen MR) is 82.0 cm³/mol. The summed E-state index contributed by atoms with van der Waals surface area (Å²) < 4.78 is 10.3. The Labute approximate surface area is 122 Å². The SMILES string of the molecule is CCCNc1ccc(CN(CCOC)CCOC)cn1. The molecule has 0 radical (unpaired) electrons. The van der Waals surface area contributed by atoms with E-state index in [9.17, 15) is 0 Å². The third kappa shape index (κ3) is 6.84. The first-order valence-corrected chi connectivity index (χ1v) is 7.19. The first-order valence-electron chi connectivity index (χ1n) is 7.19. The number of hydrogen-bond donors (Lipinski definition) is 1. The zero-order chi connectivity index (χ0) is 14.6. The molecule has 1 heterocycles. The Morgan fingerprint density at radius 3 is 2.35 bits per heavy atom. The average Bonchev–Trinajstić information content (AvgIpc) is 2.49. The average molecular weight is 281 g/mol. The zero-order valence-corrected chi connectivity index (χ0v) is 12.9. The van der Waals surface area contributed by atoms with Crippen LogP contribution in [0, 0.1) is 0 Å². The van der Waals surface area contributed by atoms with E-state index in [2.05, 4.69) is 28.2 Å². The maximum absolute atomic E-state index is 5.15. The van der Waals surface area contributed by atoms with Gasteiger partial charge in [0.1, 0.15) is 5.82 Å². The van der Waals surface area contributed by atoms with Crippen molar-refractivity contribution in [2.75, 3.05) is 52.4 Å². The Hall–Kier alpha value is -1.17. The standard InChI is InChI=1S/C15H27N3O2/c1-4-7-16-15-6-5-14(12-17-15)13-18(8-10-19-2)9-11-20-3/h5-6,12H,4,7-11,13H2,1-3H3,(H,16,17). The summed E-state index contributed by atoms with van der Waals surface area (Å²) in [6, 6.07) is 4.16. The van der Waals surface area contributed by atoms with Crippen molar-refractivity contribution in [2.24, 2.45) is 0 Å². The van der Waals surface area contributed by atoms with E-state index in [0.29, 0.717) is 0 Å². The first kappa shape index (κ1) is 16.9. The van der Waals surface area contributed by atoms with Gasteiger partial charge in [0, 0.05) is 46.6 Å². The van der Waals surface area contributed by atoms with Gasteiger partial charge in [0.05, 0.1) is 13.2 Å². The van der Waals surface area contributed by atoms with Crippen LogP contribution in [0.3, 0.4) is 0 Å². The Morgan fingerprint density at radius 1 is 1.15 bits per heavy atom. The van der Waals surface area contributed by atoms with Crippen LogP contribution < -0.4 is 5.32 Å². The van der Waals surface area contributed by atoms with E-state index in [1.807, 2.05) is 12.3 Å². The molecule has 1 N–H and O–H groups in total. The molecular formula is C15H27N3O2. The summed E-state index contributed by atoms with van der Waals surface area (Å²) in [5.74, 6) is 0.941. The normalized spacial score (nSPS) is 11.0. The smallest absolute Gasteiger partial charge is 0.125 e. The fourth-order valence-electron chi connectivity index (χ4n) is 1.84. The summed E-state index contributed by atoms with van der Waals surface area (Å²) >= 11 is 0. The van der Waals surface area contributed by atoms with Crippen molar-refractivity contribution < 1.29 is 9.47 Å². The molecule has 0 unspecified atom stereocenters. The van der Waals surface area contributed by atoms with Crippen molar-refractivity contribution in [3.05, 3.63) is 23.9 Å². The van der Waals surface area contributed by atoms with Crippen molar-refractivity contribution in [3.63, 3.8) is 0 Å². The minimum absolute atomic E-state index is 0.729. The summed E-state index contributed by atoms with van der Waals surface area (Å²) in [7, 11) is 3.45. The summed E-state index contributed by atoms with van der Waals surface area (Å²) in [5, 5.41) is 3.28. The van der Waals surface area contributed by atoms with Gasteiger partial charge in [-0.05, 0) is 18.1 Å². The first-order chi connectivity index (χ1) is 9.80. The molecule has 0 fully saturated rings. The fourth-order valence-corrected chi connectivity index (χ4v) is 1.84. The van der Waals surface area contributed by atoms with E-state index < -0.39 is 0 Å². The van der Waals surface area contributed by atoms with Crippen LogP contribution in [0.15, 0.2) is 18.3 Å². The number of nitrogens with one attached hydrogen (secondary N) is 1. The highest BCUT2D eigenvalue weighted by molar-refractivity contribution is 5.35.